The minimum Gasteiger partial charge on any atom is -0.493 e. The Kier molecular flexibility index (Phi) is 9.94. The summed E-state index contributed by atoms with van der Waals surface area (Å²) in [6.07, 6.45) is 8.47. The molecule has 0 aliphatic carbocycles. The van der Waals surface area contributed by atoms with Gasteiger partial charge in [-0.15, -0.1) is 0 Å². The summed E-state index contributed by atoms with van der Waals surface area (Å²) in [5.74, 6) is -0.522. The van der Waals surface area contributed by atoms with Gasteiger partial charge in [0.1, 0.15) is 5.75 Å². The number of carboxylic acid groups (broad SMARTS) is 1. The standard InChI is InChI=1S/C35H36N2O4/c1-2-3-4-5-24-6-11-26(12-7-24)27-13-15-28(16-14-27)34(38)19-10-25-8-17-30(18-9-25)41-21-20-31-32(35(39)40)22-29(36)23-33(31)37/h6-19,22-23H,2-5,20-21,36-37H2,1H3,(H,39,40)/b19-10+. The number of carbonyl (C=O) groups is 2. The van der Waals surface area contributed by atoms with Crippen molar-refractivity contribution in [1.82, 2.24) is 0 Å². The van der Waals surface area contributed by atoms with Crippen molar-refractivity contribution < 1.29 is 19.4 Å². The molecular formula is C35H36N2O4. The van der Waals surface area contributed by atoms with Crippen LogP contribution in [0.1, 0.15) is 63.6 Å². The minimum absolute atomic E-state index is 0.0709. The number of nitrogen functional groups attached to an aromatic ring is 2. The van der Waals surface area contributed by atoms with Gasteiger partial charge in [0.2, 0.25) is 0 Å². The van der Waals surface area contributed by atoms with Crippen molar-refractivity contribution in [2.45, 2.75) is 39.0 Å². The van der Waals surface area contributed by atoms with Crippen LogP contribution in [-0.4, -0.2) is 23.5 Å². The summed E-state index contributed by atoms with van der Waals surface area (Å²) in [7, 11) is 0. The Morgan fingerprint density at radius 2 is 1.49 bits per heavy atom. The van der Waals surface area contributed by atoms with Gasteiger partial charge in [-0.05, 0) is 71.0 Å². The number of benzene rings is 4. The number of aryl methyl sites for hydroxylation is 1. The number of nitrogens with two attached hydrogens (primary N) is 2. The molecular weight excluding hydrogens is 512 g/mol. The van der Waals surface area contributed by atoms with Crippen LogP contribution in [-0.2, 0) is 12.8 Å². The van der Waals surface area contributed by atoms with Gasteiger partial charge in [0.05, 0.1) is 12.2 Å². The lowest BCUT2D eigenvalue weighted by Gasteiger charge is -2.12. The number of hydrogen-bond acceptors (Lipinski definition) is 5. The van der Waals surface area contributed by atoms with Crippen LogP contribution in [0.2, 0.25) is 0 Å². The number of ether oxygens (including phenoxy) is 1. The third kappa shape index (κ3) is 8.08. The third-order valence-corrected chi connectivity index (χ3v) is 6.99. The molecule has 0 aromatic heterocycles. The van der Waals surface area contributed by atoms with Crippen LogP contribution in [0, 0.1) is 0 Å². The summed E-state index contributed by atoms with van der Waals surface area (Å²) in [5.41, 5.74) is 18.0. The van der Waals surface area contributed by atoms with E-state index in [1.54, 1.807) is 30.4 Å². The van der Waals surface area contributed by atoms with E-state index >= 15 is 0 Å². The predicted molar refractivity (Wildman–Crippen MR) is 166 cm³/mol. The van der Waals surface area contributed by atoms with E-state index in [1.807, 2.05) is 36.4 Å². The van der Waals surface area contributed by atoms with Crippen LogP contribution in [0.3, 0.4) is 0 Å². The summed E-state index contributed by atoms with van der Waals surface area (Å²) >= 11 is 0. The van der Waals surface area contributed by atoms with Gasteiger partial charge >= 0.3 is 5.97 Å². The molecule has 4 rings (SSSR count). The molecule has 0 unspecified atom stereocenters. The number of hydrogen-bond donors (Lipinski definition) is 3. The van der Waals surface area contributed by atoms with Crippen molar-refractivity contribution in [3.05, 3.63) is 119 Å². The molecule has 6 heteroatoms. The quantitative estimate of drug-likeness (QED) is 0.0691. The Labute approximate surface area is 241 Å². The number of allylic oxidation sites excluding steroid dienone is 1. The van der Waals surface area contributed by atoms with E-state index in [0.29, 0.717) is 34.7 Å². The number of carbonyl (C=O) groups excluding carboxylic acids is 1. The van der Waals surface area contributed by atoms with E-state index in [4.69, 9.17) is 16.2 Å². The van der Waals surface area contributed by atoms with E-state index < -0.39 is 5.97 Å². The molecule has 6 nitrogen and oxygen atoms in total. The maximum Gasteiger partial charge on any atom is 0.336 e. The number of ketones is 1. The molecule has 5 N–H and O–H groups in total. The van der Waals surface area contributed by atoms with Crippen LogP contribution >= 0.6 is 0 Å². The molecule has 0 atom stereocenters. The Balaban J connectivity index is 1.30. The lowest BCUT2D eigenvalue weighted by Crippen LogP contribution is -2.11. The van der Waals surface area contributed by atoms with E-state index in [0.717, 1.165) is 23.1 Å². The number of rotatable bonds is 13. The summed E-state index contributed by atoms with van der Waals surface area (Å²) in [6, 6.07) is 26.6. The van der Waals surface area contributed by atoms with Crippen molar-refractivity contribution in [3.8, 4) is 16.9 Å². The van der Waals surface area contributed by atoms with Gasteiger partial charge in [-0.2, -0.15) is 0 Å². The van der Waals surface area contributed by atoms with Gasteiger partial charge in [-0.1, -0.05) is 86.5 Å². The van der Waals surface area contributed by atoms with Crippen LogP contribution in [0.4, 0.5) is 11.4 Å². The molecule has 41 heavy (non-hydrogen) atoms. The summed E-state index contributed by atoms with van der Waals surface area (Å²) in [5, 5.41) is 9.44. The first-order valence-electron chi connectivity index (χ1n) is 13.9. The second kappa shape index (κ2) is 14.0. The van der Waals surface area contributed by atoms with Crippen molar-refractivity contribution >= 4 is 29.2 Å². The number of anilines is 2. The van der Waals surface area contributed by atoms with E-state index in [1.165, 1.54) is 30.9 Å². The zero-order valence-electron chi connectivity index (χ0n) is 23.3. The highest BCUT2D eigenvalue weighted by molar-refractivity contribution is 6.07. The predicted octanol–water partition coefficient (Wildman–Crippen LogP) is 7.47. The monoisotopic (exact) mass is 548 g/mol. The molecule has 0 fully saturated rings. The van der Waals surface area contributed by atoms with Gasteiger partial charge in [-0.3, -0.25) is 4.79 Å². The summed E-state index contributed by atoms with van der Waals surface area (Å²) < 4.78 is 5.79. The normalized spacial score (nSPS) is 11.0. The van der Waals surface area contributed by atoms with E-state index in [-0.39, 0.29) is 18.0 Å². The second-order valence-corrected chi connectivity index (χ2v) is 10.0. The molecule has 0 spiro atoms. The first-order valence-corrected chi connectivity index (χ1v) is 13.9. The van der Waals surface area contributed by atoms with Crippen LogP contribution < -0.4 is 16.2 Å². The Hall–Kier alpha value is -4.84. The van der Waals surface area contributed by atoms with Gasteiger partial charge in [-0.25, -0.2) is 4.79 Å². The first-order chi connectivity index (χ1) is 19.8. The zero-order chi connectivity index (χ0) is 29.2. The SMILES string of the molecule is CCCCCc1ccc(-c2ccc(C(=O)/C=C/c3ccc(OCCc4c(N)cc(N)cc4C(=O)O)cc3)cc2)cc1. The fourth-order valence-electron chi connectivity index (χ4n) is 4.67. The first kappa shape index (κ1) is 29.2. The Morgan fingerprint density at radius 1 is 0.829 bits per heavy atom. The van der Waals surface area contributed by atoms with Crippen molar-refractivity contribution in [3.63, 3.8) is 0 Å². The Morgan fingerprint density at radius 3 is 2.12 bits per heavy atom. The molecule has 0 heterocycles. The molecule has 0 amide bonds. The van der Waals surface area contributed by atoms with Crippen LogP contribution in [0.5, 0.6) is 5.75 Å². The lowest BCUT2D eigenvalue weighted by atomic mass is 9.99. The average molecular weight is 549 g/mol. The minimum atomic E-state index is -1.08. The second-order valence-electron chi connectivity index (χ2n) is 10.0. The largest absolute Gasteiger partial charge is 0.493 e. The maximum atomic E-state index is 12.7. The fourth-order valence-corrected chi connectivity index (χ4v) is 4.67. The van der Waals surface area contributed by atoms with Crippen molar-refractivity contribution in [1.29, 1.82) is 0 Å². The van der Waals surface area contributed by atoms with Crippen LogP contribution in [0.25, 0.3) is 17.2 Å². The molecule has 0 bridgehead atoms. The highest BCUT2D eigenvalue weighted by Crippen LogP contribution is 2.24. The summed E-state index contributed by atoms with van der Waals surface area (Å²) in [6.45, 7) is 2.47. The number of unbranched alkanes of at least 4 members (excludes halogenated alkanes) is 2. The number of carboxylic acids is 1. The van der Waals surface area contributed by atoms with E-state index in [2.05, 4.69) is 31.2 Å². The summed E-state index contributed by atoms with van der Waals surface area (Å²) in [4.78, 5) is 24.3. The fraction of sp³-hybridized carbons (Fsp3) is 0.200. The van der Waals surface area contributed by atoms with Gasteiger partial charge in [0.15, 0.2) is 5.78 Å². The Bertz CT molecular complexity index is 1510. The molecule has 0 saturated carbocycles. The molecule has 210 valence electrons. The van der Waals surface area contributed by atoms with Gasteiger partial charge < -0.3 is 21.3 Å². The van der Waals surface area contributed by atoms with Crippen molar-refractivity contribution in [2.75, 3.05) is 18.1 Å². The van der Waals surface area contributed by atoms with Gasteiger partial charge in [0, 0.05) is 23.4 Å². The van der Waals surface area contributed by atoms with E-state index in [9.17, 15) is 14.7 Å². The molecule has 4 aromatic carbocycles. The highest BCUT2D eigenvalue weighted by atomic mass is 16.5. The van der Waals surface area contributed by atoms with Crippen LogP contribution in [0.15, 0.2) is 91.0 Å². The topological polar surface area (TPSA) is 116 Å². The number of aromatic carboxylic acids is 1. The maximum absolute atomic E-state index is 12.7. The lowest BCUT2D eigenvalue weighted by molar-refractivity contribution is 0.0695. The molecule has 0 radical (unpaired) electrons. The third-order valence-electron chi connectivity index (χ3n) is 6.99. The highest BCUT2D eigenvalue weighted by Gasteiger charge is 2.14. The average Bonchev–Trinajstić information content (AvgIpc) is 2.98. The zero-order valence-corrected chi connectivity index (χ0v) is 23.3. The van der Waals surface area contributed by atoms with Crippen molar-refractivity contribution in [2.24, 2.45) is 0 Å². The van der Waals surface area contributed by atoms with Gasteiger partial charge in [0.25, 0.3) is 0 Å². The molecule has 0 saturated heterocycles. The molecule has 0 aliphatic rings. The molecule has 4 aromatic rings. The smallest absolute Gasteiger partial charge is 0.336 e. The molecule has 0 aliphatic heterocycles.